The van der Waals surface area contributed by atoms with Crippen LogP contribution in [0.1, 0.15) is 43.4 Å². The third-order valence-corrected chi connectivity index (χ3v) is 4.40. The van der Waals surface area contributed by atoms with Crippen molar-refractivity contribution in [1.82, 2.24) is 20.2 Å². The van der Waals surface area contributed by atoms with E-state index in [9.17, 15) is 0 Å². The minimum atomic E-state index is -0.255. The topological polar surface area (TPSA) is 54.5 Å². The molecule has 0 radical (unpaired) electrons. The summed E-state index contributed by atoms with van der Waals surface area (Å²) in [6.07, 6.45) is 2.77. The van der Waals surface area contributed by atoms with Crippen molar-refractivity contribution in [3.05, 3.63) is 65.2 Å². The highest BCUT2D eigenvalue weighted by Crippen LogP contribution is 2.30. The summed E-state index contributed by atoms with van der Waals surface area (Å²) in [6, 6.07) is 12.1. The average Bonchev–Trinajstić information content (AvgIpc) is 2.96. The second kappa shape index (κ2) is 5.95. The van der Waals surface area contributed by atoms with Gasteiger partial charge in [-0.25, -0.2) is 0 Å². The van der Waals surface area contributed by atoms with Crippen LogP contribution >= 0.6 is 0 Å². The zero-order valence-electron chi connectivity index (χ0n) is 14.1. The molecule has 0 amide bonds. The van der Waals surface area contributed by atoms with Crippen LogP contribution in [0, 0.1) is 6.92 Å². The van der Waals surface area contributed by atoms with E-state index in [0.717, 1.165) is 34.9 Å². The lowest BCUT2D eigenvalue weighted by atomic mass is 9.84. The molecule has 3 aromatic rings. The van der Waals surface area contributed by atoms with E-state index in [4.69, 9.17) is 4.98 Å². The molecule has 0 aliphatic heterocycles. The molecule has 0 aromatic carbocycles. The molecule has 3 rings (SSSR count). The van der Waals surface area contributed by atoms with E-state index in [1.807, 2.05) is 36.5 Å². The summed E-state index contributed by atoms with van der Waals surface area (Å²) in [6.45, 7) is 8.51. The molecule has 23 heavy (non-hydrogen) atoms. The third-order valence-electron chi connectivity index (χ3n) is 4.40. The van der Waals surface area contributed by atoms with Gasteiger partial charge in [0.1, 0.15) is 5.69 Å². The Hall–Kier alpha value is -2.49. The zero-order valence-corrected chi connectivity index (χ0v) is 14.1. The van der Waals surface area contributed by atoms with Crippen LogP contribution in [-0.4, -0.2) is 20.2 Å². The molecule has 4 heteroatoms. The number of rotatable bonds is 4. The summed E-state index contributed by atoms with van der Waals surface area (Å²) in [4.78, 5) is 9.38. The highest BCUT2D eigenvalue weighted by molar-refractivity contribution is 5.60. The minimum absolute atomic E-state index is 0.255. The largest absolute Gasteiger partial charge is 0.282 e. The Bertz CT molecular complexity index is 803. The predicted molar refractivity (Wildman–Crippen MR) is 92.3 cm³/mol. The lowest BCUT2D eigenvalue weighted by molar-refractivity contribution is 0.596. The normalized spacial score (nSPS) is 11.7. The van der Waals surface area contributed by atoms with Gasteiger partial charge in [-0.2, -0.15) is 5.10 Å². The molecule has 118 valence electrons. The highest BCUT2D eigenvalue weighted by Gasteiger charge is 2.26. The monoisotopic (exact) mass is 306 g/mol. The molecule has 4 nitrogen and oxygen atoms in total. The van der Waals surface area contributed by atoms with Gasteiger partial charge in [0.25, 0.3) is 0 Å². The van der Waals surface area contributed by atoms with E-state index in [1.165, 1.54) is 5.56 Å². The maximum Gasteiger partial charge on any atom is 0.114 e. The van der Waals surface area contributed by atoms with Gasteiger partial charge in [-0.3, -0.25) is 15.1 Å². The molecule has 0 saturated heterocycles. The molecule has 0 aliphatic rings. The number of aromatic nitrogens is 4. The van der Waals surface area contributed by atoms with E-state index >= 15 is 0 Å². The van der Waals surface area contributed by atoms with E-state index in [-0.39, 0.29) is 5.41 Å². The first-order chi connectivity index (χ1) is 11.0. The van der Waals surface area contributed by atoms with E-state index in [2.05, 4.69) is 48.9 Å². The SMILES string of the molecule is CCc1[nH]nc(-c2cccc(C(C)(C)c3ccccn3)n2)c1C. The quantitative estimate of drug-likeness (QED) is 0.790. The molecule has 0 bridgehead atoms. The van der Waals surface area contributed by atoms with Crippen molar-refractivity contribution in [2.24, 2.45) is 0 Å². The van der Waals surface area contributed by atoms with Crippen molar-refractivity contribution in [2.75, 3.05) is 0 Å². The summed E-state index contributed by atoms with van der Waals surface area (Å²) < 4.78 is 0. The lowest BCUT2D eigenvalue weighted by Gasteiger charge is -2.23. The fourth-order valence-corrected chi connectivity index (χ4v) is 2.81. The molecule has 0 spiro atoms. The van der Waals surface area contributed by atoms with E-state index in [0.29, 0.717) is 0 Å². The Morgan fingerprint density at radius 3 is 2.48 bits per heavy atom. The number of hydrogen-bond donors (Lipinski definition) is 1. The summed E-state index contributed by atoms with van der Waals surface area (Å²) >= 11 is 0. The van der Waals surface area contributed by atoms with E-state index in [1.54, 1.807) is 0 Å². The van der Waals surface area contributed by atoms with Crippen LogP contribution < -0.4 is 0 Å². The van der Waals surface area contributed by atoms with Gasteiger partial charge in [0, 0.05) is 17.3 Å². The maximum atomic E-state index is 4.88. The Morgan fingerprint density at radius 2 is 1.83 bits per heavy atom. The Kier molecular flexibility index (Phi) is 3.99. The van der Waals surface area contributed by atoms with Crippen molar-refractivity contribution in [3.63, 3.8) is 0 Å². The molecular formula is C19H22N4. The van der Waals surface area contributed by atoms with Gasteiger partial charge in [-0.1, -0.05) is 19.1 Å². The van der Waals surface area contributed by atoms with Gasteiger partial charge in [0.15, 0.2) is 0 Å². The average molecular weight is 306 g/mol. The zero-order chi connectivity index (χ0) is 16.4. The van der Waals surface area contributed by atoms with Gasteiger partial charge in [0.05, 0.1) is 17.1 Å². The third kappa shape index (κ3) is 2.77. The number of aromatic amines is 1. The molecule has 0 atom stereocenters. The van der Waals surface area contributed by atoms with Crippen molar-refractivity contribution in [3.8, 4) is 11.4 Å². The van der Waals surface area contributed by atoms with Crippen LogP contribution in [0.15, 0.2) is 42.6 Å². The lowest BCUT2D eigenvalue weighted by Crippen LogP contribution is -2.22. The first-order valence-electron chi connectivity index (χ1n) is 7.97. The standard InChI is InChI=1S/C19H22N4/c1-5-14-13(2)18(23-22-14)15-9-8-11-17(21-15)19(3,4)16-10-6-7-12-20-16/h6-12H,5H2,1-4H3,(H,22,23). The predicted octanol–water partition coefficient (Wildman–Crippen LogP) is 4.06. The second-order valence-corrected chi connectivity index (χ2v) is 6.28. The smallest absolute Gasteiger partial charge is 0.114 e. The number of hydrogen-bond acceptors (Lipinski definition) is 3. The fraction of sp³-hybridized carbons (Fsp3) is 0.316. The van der Waals surface area contributed by atoms with E-state index < -0.39 is 0 Å². The molecule has 0 aliphatic carbocycles. The van der Waals surface area contributed by atoms with Gasteiger partial charge in [-0.15, -0.1) is 0 Å². The summed E-state index contributed by atoms with van der Waals surface area (Å²) in [5, 5.41) is 7.56. The first kappa shape index (κ1) is 15.4. The van der Waals surface area contributed by atoms with Crippen LogP contribution in [0.25, 0.3) is 11.4 Å². The van der Waals surface area contributed by atoms with Crippen LogP contribution in [0.5, 0.6) is 0 Å². The summed E-state index contributed by atoms with van der Waals surface area (Å²) in [5.41, 5.74) is 5.92. The molecule has 0 saturated carbocycles. The minimum Gasteiger partial charge on any atom is -0.282 e. The van der Waals surface area contributed by atoms with Gasteiger partial charge in [0.2, 0.25) is 0 Å². The van der Waals surface area contributed by atoms with Gasteiger partial charge < -0.3 is 0 Å². The van der Waals surface area contributed by atoms with Crippen molar-refractivity contribution in [1.29, 1.82) is 0 Å². The Balaban J connectivity index is 2.05. The number of H-pyrrole nitrogens is 1. The number of nitrogens with zero attached hydrogens (tertiary/aromatic N) is 3. The molecule has 3 heterocycles. The van der Waals surface area contributed by atoms with Crippen LogP contribution in [-0.2, 0) is 11.8 Å². The highest BCUT2D eigenvalue weighted by atomic mass is 15.1. The van der Waals surface area contributed by atoms with Crippen LogP contribution in [0.2, 0.25) is 0 Å². The molecule has 3 aromatic heterocycles. The number of aryl methyl sites for hydroxylation is 1. The summed E-state index contributed by atoms with van der Waals surface area (Å²) in [5.74, 6) is 0. The molecule has 1 N–H and O–H groups in total. The Morgan fingerprint density at radius 1 is 1.04 bits per heavy atom. The number of pyridine rings is 2. The van der Waals surface area contributed by atoms with Crippen molar-refractivity contribution < 1.29 is 0 Å². The van der Waals surface area contributed by atoms with Crippen molar-refractivity contribution in [2.45, 2.75) is 39.5 Å². The second-order valence-electron chi connectivity index (χ2n) is 6.28. The van der Waals surface area contributed by atoms with Crippen LogP contribution in [0.4, 0.5) is 0 Å². The van der Waals surface area contributed by atoms with Crippen molar-refractivity contribution >= 4 is 0 Å². The fourth-order valence-electron chi connectivity index (χ4n) is 2.81. The number of nitrogens with one attached hydrogen (secondary N) is 1. The maximum absolute atomic E-state index is 4.88. The summed E-state index contributed by atoms with van der Waals surface area (Å²) in [7, 11) is 0. The Labute approximate surface area is 137 Å². The molecule has 0 unspecified atom stereocenters. The van der Waals surface area contributed by atoms with Gasteiger partial charge in [-0.05, 0) is 57.0 Å². The molecular weight excluding hydrogens is 284 g/mol. The van der Waals surface area contributed by atoms with Gasteiger partial charge >= 0.3 is 0 Å². The van der Waals surface area contributed by atoms with Crippen LogP contribution in [0.3, 0.4) is 0 Å². The first-order valence-corrected chi connectivity index (χ1v) is 7.97. The molecule has 0 fully saturated rings.